The van der Waals surface area contributed by atoms with Gasteiger partial charge in [0.2, 0.25) is 5.88 Å². The second kappa shape index (κ2) is 6.47. The van der Waals surface area contributed by atoms with Crippen LogP contribution in [0.25, 0.3) is 0 Å². The molecule has 0 saturated heterocycles. The molecule has 0 aliphatic heterocycles. The van der Waals surface area contributed by atoms with Crippen molar-refractivity contribution in [3.8, 4) is 5.88 Å². The van der Waals surface area contributed by atoms with Crippen LogP contribution in [0, 0.1) is 0 Å². The Balaban J connectivity index is 2.34. The van der Waals surface area contributed by atoms with Crippen molar-refractivity contribution in [1.82, 2.24) is 10.2 Å². The molecule has 0 atom stereocenters. The second-order valence-corrected chi connectivity index (χ2v) is 4.68. The molecule has 2 aromatic rings. The summed E-state index contributed by atoms with van der Waals surface area (Å²) in [6, 6.07) is 3.63. The van der Waals surface area contributed by atoms with E-state index in [2.05, 4.69) is 10.2 Å². The molecule has 0 unspecified atom stereocenters. The summed E-state index contributed by atoms with van der Waals surface area (Å²) in [5.74, 6) is 1.07. The van der Waals surface area contributed by atoms with E-state index in [1.165, 1.54) is 0 Å². The van der Waals surface area contributed by atoms with Crippen LogP contribution in [0.2, 0.25) is 0 Å². The standard InChI is InChI=1S/C14H17N3O2S/c1-3-10-11(4-2)16-17-14(12(10)13(15)20)19-8-9-6-5-7-18-9/h5-7H,3-4,8H2,1-2H3,(H2,15,20). The normalized spacial score (nSPS) is 10.5. The summed E-state index contributed by atoms with van der Waals surface area (Å²) in [6.07, 6.45) is 3.16. The molecule has 5 nitrogen and oxygen atoms in total. The summed E-state index contributed by atoms with van der Waals surface area (Å²) in [4.78, 5) is 0.279. The number of hydrogen-bond acceptors (Lipinski definition) is 5. The molecule has 0 aromatic carbocycles. The summed E-state index contributed by atoms with van der Waals surface area (Å²) < 4.78 is 10.9. The van der Waals surface area contributed by atoms with Gasteiger partial charge in [-0.15, -0.1) is 5.10 Å². The van der Waals surface area contributed by atoms with Gasteiger partial charge in [-0.25, -0.2) is 0 Å². The molecule has 106 valence electrons. The lowest BCUT2D eigenvalue weighted by molar-refractivity contribution is 0.256. The van der Waals surface area contributed by atoms with Crippen molar-refractivity contribution in [3.63, 3.8) is 0 Å². The predicted octanol–water partition coefficient (Wildman–Crippen LogP) is 2.41. The summed E-state index contributed by atoms with van der Waals surface area (Å²) in [5, 5.41) is 8.29. The van der Waals surface area contributed by atoms with Crippen molar-refractivity contribution in [2.75, 3.05) is 0 Å². The molecule has 2 heterocycles. The maximum absolute atomic E-state index is 5.82. The van der Waals surface area contributed by atoms with E-state index in [0.717, 1.165) is 24.1 Å². The minimum Gasteiger partial charge on any atom is -0.468 e. The zero-order valence-corrected chi connectivity index (χ0v) is 12.4. The molecule has 6 heteroatoms. The molecular weight excluding hydrogens is 274 g/mol. The Hall–Kier alpha value is -1.95. The fraction of sp³-hybridized carbons (Fsp3) is 0.357. The first kappa shape index (κ1) is 14.5. The number of nitrogens with zero attached hydrogens (tertiary/aromatic N) is 2. The van der Waals surface area contributed by atoms with Gasteiger partial charge >= 0.3 is 0 Å². The Bertz CT molecular complexity index is 597. The Morgan fingerprint density at radius 2 is 2.15 bits per heavy atom. The Labute approximate surface area is 123 Å². The summed E-state index contributed by atoms with van der Waals surface area (Å²) >= 11 is 5.13. The number of thiocarbonyl (C=S) groups is 1. The van der Waals surface area contributed by atoms with Crippen LogP contribution < -0.4 is 10.5 Å². The van der Waals surface area contributed by atoms with Gasteiger partial charge in [0, 0.05) is 0 Å². The number of nitrogens with two attached hydrogens (primary N) is 1. The van der Waals surface area contributed by atoms with Crippen LogP contribution in [-0.2, 0) is 19.4 Å². The third kappa shape index (κ3) is 2.96. The van der Waals surface area contributed by atoms with E-state index in [1.807, 2.05) is 19.9 Å². The van der Waals surface area contributed by atoms with Crippen molar-refractivity contribution in [2.45, 2.75) is 33.3 Å². The molecule has 0 aliphatic carbocycles. The van der Waals surface area contributed by atoms with Gasteiger partial charge in [-0.2, -0.15) is 5.10 Å². The Morgan fingerprint density at radius 1 is 1.35 bits per heavy atom. The highest BCUT2D eigenvalue weighted by Gasteiger charge is 2.18. The van der Waals surface area contributed by atoms with Crippen LogP contribution in [0.5, 0.6) is 5.88 Å². The van der Waals surface area contributed by atoms with E-state index in [1.54, 1.807) is 12.3 Å². The third-order valence-electron chi connectivity index (χ3n) is 2.99. The van der Waals surface area contributed by atoms with Crippen molar-refractivity contribution < 1.29 is 9.15 Å². The number of furan rings is 1. The molecule has 0 amide bonds. The van der Waals surface area contributed by atoms with Gasteiger partial charge in [-0.05, 0) is 30.5 Å². The van der Waals surface area contributed by atoms with Crippen LogP contribution in [-0.4, -0.2) is 15.2 Å². The predicted molar refractivity (Wildman–Crippen MR) is 79.7 cm³/mol. The zero-order chi connectivity index (χ0) is 14.5. The van der Waals surface area contributed by atoms with Gasteiger partial charge in [-0.1, -0.05) is 26.1 Å². The lowest BCUT2D eigenvalue weighted by Crippen LogP contribution is -2.18. The average molecular weight is 291 g/mol. The molecule has 0 bridgehead atoms. The molecule has 2 aromatic heterocycles. The zero-order valence-electron chi connectivity index (χ0n) is 11.5. The smallest absolute Gasteiger partial charge is 0.244 e. The number of ether oxygens (including phenoxy) is 1. The van der Waals surface area contributed by atoms with Gasteiger partial charge in [-0.3, -0.25) is 0 Å². The van der Waals surface area contributed by atoms with Crippen molar-refractivity contribution in [3.05, 3.63) is 41.0 Å². The fourth-order valence-electron chi connectivity index (χ4n) is 2.04. The monoisotopic (exact) mass is 291 g/mol. The largest absolute Gasteiger partial charge is 0.468 e. The van der Waals surface area contributed by atoms with E-state index in [-0.39, 0.29) is 11.6 Å². The number of rotatable bonds is 6. The molecule has 0 radical (unpaired) electrons. The summed E-state index contributed by atoms with van der Waals surface area (Å²) in [6.45, 7) is 4.33. The number of aryl methyl sites for hydroxylation is 1. The fourth-order valence-corrected chi connectivity index (χ4v) is 2.25. The van der Waals surface area contributed by atoms with E-state index >= 15 is 0 Å². The van der Waals surface area contributed by atoms with Gasteiger partial charge in [0.1, 0.15) is 17.4 Å². The van der Waals surface area contributed by atoms with Crippen LogP contribution in [0.1, 0.15) is 36.4 Å². The highest BCUT2D eigenvalue weighted by atomic mass is 32.1. The highest BCUT2D eigenvalue weighted by molar-refractivity contribution is 7.80. The van der Waals surface area contributed by atoms with Crippen LogP contribution in [0.3, 0.4) is 0 Å². The lowest BCUT2D eigenvalue weighted by Gasteiger charge is -2.14. The van der Waals surface area contributed by atoms with Crippen LogP contribution in [0.15, 0.2) is 22.8 Å². The molecule has 20 heavy (non-hydrogen) atoms. The van der Waals surface area contributed by atoms with Gasteiger partial charge in [0.15, 0.2) is 0 Å². The van der Waals surface area contributed by atoms with Gasteiger partial charge < -0.3 is 14.9 Å². The Morgan fingerprint density at radius 3 is 2.70 bits per heavy atom. The Kier molecular flexibility index (Phi) is 4.68. The van der Waals surface area contributed by atoms with Gasteiger partial charge in [0.25, 0.3) is 0 Å². The first-order valence-electron chi connectivity index (χ1n) is 6.50. The van der Waals surface area contributed by atoms with Crippen LogP contribution in [0.4, 0.5) is 0 Å². The maximum Gasteiger partial charge on any atom is 0.244 e. The summed E-state index contributed by atoms with van der Waals surface area (Å²) in [5.41, 5.74) is 8.41. The molecule has 0 spiro atoms. The minimum absolute atomic E-state index is 0.270. The van der Waals surface area contributed by atoms with E-state index in [4.69, 9.17) is 27.1 Å². The van der Waals surface area contributed by atoms with Crippen molar-refractivity contribution >= 4 is 17.2 Å². The SMILES string of the molecule is CCc1nnc(OCc2ccco2)c(C(N)=S)c1CC. The lowest BCUT2D eigenvalue weighted by atomic mass is 10.0. The summed E-state index contributed by atoms with van der Waals surface area (Å²) in [7, 11) is 0. The number of hydrogen-bond donors (Lipinski definition) is 1. The average Bonchev–Trinajstić information content (AvgIpc) is 2.96. The molecule has 2 rings (SSSR count). The van der Waals surface area contributed by atoms with Crippen molar-refractivity contribution in [1.29, 1.82) is 0 Å². The van der Waals surface area contributed by atoms with E-state index in [9.17, 15) is 0 Å². The van der Waals surface area contributed by atoms with Crippen LogP contribution >= 0.6 is 12.2 Å². The molecule has 0 fully saturated rings. The molecule has 2 N–H and O–H groups in total. The minimum atomic E-state index is 0.270. The first-order chi connectivity index (χ1) is 9.67. The third-order valence-corrected chi connectivity index (χ3v) is 3.20. The quantitative estimate of drug-likeness (QED) is 0.824. The maximum atomic E-state index is 5.82. The molecule has 0 saturated carbocycles. The van der Waals surface area contributed by atoms with E-state index in [0.29, 0.717) is 17.2 Å². The van der Waals surface area contributed by atoms with Gasteiger partial charge in [0.05, 0.1) is 17.5 Å². The number of aromatic nitrogens is 2. The molecule has 0 aliphatic rings. The molecular formula is C14H17N3O2S. The highest BCUT2D eigenvalue weighted by Crippen LogP contribution is 2.23. The first-order valence-corrected chi connectivity index (χ1v) is 6.91. The van der Waals surface area contributed by atoms with Crippen molar-refractivity contribution in [2.24, 2.45) is 5.73 Å². The topological polar surface area (TPSA) is 74.2 Å². The van der Waals surface area contributed by atoms with E-state index < -0.39 is 0 Å². The second-order valence-electron chi connectivity index (χ2n) is 4.24.